The van der Waals surface area contributed by atoms with E-state index in [2.05, 4.69) is 18.8 Å². The van der Waals surface area contributed by atoms with E-state index in [-0.39, 0.29) is 18.3 Å². The molecule has 0 amide bonds. The van der Waals surface area contributed by atoms with Crippen molar-refractivity contribution in [3.05, 3.63) is 78.5 Å². The quantitative estimate of drug-likeness (QED) is 0.299. The summed E-state index contributed by atoms with van der Waals surface area (Å²) in [4.78, 5) is 32.4. The van der Waals surface area contributed by atoms with Crippen molar-refractivity contribution in [2.75, 3.05) is 27.4 Å². The summed E-state index contributed by atoms with van der Waals surface area (Å²) in [7, 11) is 3.14. The molecule has 0 saturated carbocycles. The molecular weight excluding hydrogens is 556 g/mol. The second kappa shape index (κ2) is 13.3. The van der Waals surface area contributed by atoms with Crippen molar-refractivity contribution < 1.29 is 28.5 Å². The van der Waals surface area contributed by atoms with Crippen molar-refractivity contribution in [1.29, 1.82) is 0 Å². The van der Waals surface area contributed by atoms with Crippen LogP contribution in [0.15, 0.2) is 57.5 Å². The van der Waals surface area contributed by atoms with Crippen LogP contribution in [0.25, 0.3) is 6.08 Å². The lowest BCUT2D eigenvalue weighted by Gasteiger charge is -2.25. The molecule has 0 saturated heterocycles. The number of hydrogen-bond acceptors (Lipinski definition) is 9. The molecule has 224 valence electrons. The summed E-state index contributed by atoms with van der Waals surface area (Å²) in [6.45, 7) is 12.3. The van der Waals surface area contributed by atoms with E-state index in [1.54, 1.807) is 50.8 Å². The van der Waals surface area contributed by atoms with Crippen LogP contribution in [0.3, 0.4) is 0 Å². The van der Waals surface area contributed by atoms with Crippen molar-refractivity contribution >= 4 is 23.4 Å². The van der Waals surface area contributed by atoms with E-state index in [0.717, 1.165) is 5.56 Å². The maximum Gasteiger partial charge on any atom is 0.338 e. The maximum absolute atomic E-state index is 14.0. The van der Waals surface area contributed by atoms with Crippen molar-refractivity contribution in [3.63, 3.8) is 0 Å². The van der Waals surface area contributed by atoms with Crippen molar-refractivity contribution in [1.82, 2.24) is 4.57 Å². The van der Waals surface area contributed by atoms with Gasteiger partial charge in [-0.2, -0.15) is 0 Å². The molecule has 0 N–H and O–H groups in total. The maximum atomic E-state index is 14.0. The van der Waals surface area contributed by atoms with Crippen LogP contribution in [-0.4, -0.2) is 44.1 Å². The minimum atomic E-state index is -0.772. The number of hydrogen-bond donors (Lipinski definition) is 0. The molecule has 0 unspecified atom stereocenters. The SMILES string of the molecule is CCOC(=O)C1=C(C)N=c2s/c(=C\c3ccc(OCC(C)C)c(OC)c3)c(=O)n2[C@H]1c1ccc(OC(C)C)c(OC)c1. The van der Waals surface area contributed by atoms with Crippen LogP contribution in [0.2, 0.25) is 0 Å². The van der Waals surface area contributed by atoms with Gasteiger partial charge in [0.2, 0.25) is 0 Å². The van der Waals surface area contributed by atoms with Crippen molar-refractivity contribution in [2.24, 2.45) is 10.9 Å². The fraction of sp³-hybridized carbons (Fsp3) is 0.406. The number of carbonyl (C=O) groups is 1. The van der Waals surface area contributed by atoms with E-state index in [9.17, 15) is 9.59 Å². The predicted molar refractivity (Wildman–Crippen MR) is 162 cm³/mol. The van der Waals surface area contributed by atoms with Crippen LogP contribution >= 0.6 is 11.3 Å². The summed E-state index contributed by atoms with van der Waals surface area (Å²) in [5.41, 5.74) is 1.94. The Kier molecular flexibility index (Phi) is 9.78. The van der Waals surface area contributed by atoms with Gasteiger partial charge in [-0.05, 0) is 75.1 Å². The number of aromatic nitrogens is 1. The van der Waals surface area contributed by atoms with Gasteiger partial charge in [0.1, 0.15) is 0 Å². The standard InChI is InChI=1S/C32H38N2O7S/c1-9-39-31(36)28-20(6)33-32-34(29(28)22-11-13-24(41-19(4)5)26(16-22)38-8)30(35)27(42-32)15-21-10-12-23(25(14-21)37-7)40-17-18(2)3/h10-16,18-19,29H,9,17H2,1-8H3/b27-15-/t29-/m0/s1. The summed E-state index contributed by atoms with van der Waals surface area (Å²) in [6, 6.07) is 10.2. The molecule has 9 nitrogen and oxygen atoms in total. The molecule has 3 aromatic rings. The van der Waals surface area contributed by atoms with Crippen LogP contribution in [0.5, 0.6) is 23.0 Å². The number of esters is 1. The lowest BCUT2D eigenvalue weighted by Crippen LogP contribution is -2.40. The molecule has 10 heteroatoms. The first-order valence-corrected chi connectivity index (χ1v) is 14.7. The summed E-state index contributed by atoms with van der Waals surface area (Å²) in [5.74, 6) is 2.11. The third-order valence-electron chi connectivity index (χ3n) is 6.44. The highest BCUT2D eigenvalue weighted by Crippen LogP contribution is 2.36. The molecule has 2 heterocycles. The third-order valence-corrected chi connectivity index (χ3v) is 7.42. The monoisotopic (exact) mass is 594 g/mol. The Bertz CT molecular complexity index is 1670. The van der Waals surface area contributed by atoms with Gasteiger partial charge in [0.15, 0.2) is 27.8 Å². The summed E-state index contributed by atoms with van der Waals surface area (Å²) in [6.07, 6.45) is 1.73. The Labute approximate surface area is 249 Å². The molecular formula is C32H38N2O7S. The average molecular weight is 595 g/mol. The number of nitrogens with zero attached hydrogens (tertiary/aromatic N) is 2. The highest BCUT2D eigenvalue weighted by Gasteiger charge is 2.34. The smallest absolute Gasteiger partial charge is 0.338 e. The Morgan fingerprint density at radius 1 is 1.02 bits per heavy atom. The van der Waals surface area contributed by atoms with E-state index >= 15 is 0 Å². The zero-order valence-corrected chi connectivity index (χ0v) is 26.2. The first kappa shape index (κ1) is 30.9. The number of benzene rings is 2. The zero-order valence-electron chi connectivity index (χ0n) is 25.3. The van der Waals surface area contributed by atoms with Crippen LogP contribution < -0.4 is 33.8 Å². The summed E-state index contributed by atoms with van der Waals surface area (Å²) < 4.78 is 30.4. The number of rotatable bonds is 11. The Balaban J connectivity index is 1.87. The van der Waals surface area contributed by atoms with Crippen molar-refractivity contribution in [3.8, 4) is 23.0 Å². The molecule has 0 spiro atoms. The molecule has 1 atom stereocenters. The fourth-order valence-corrected chi connectivity index (χ4v) is 5.66. The Morgan fingerprint density at radius 2 is 1.71 bits per heavy atom. The van der Waals surface area contributed by atoms with E-state index in [0.29, 0.717) is 61.7 Å². The topological polar surface area (TPSA) is 97.6 Å². The molecule has 0 bridgehead atoms. The lowest BCUT2D eigenvalue weighted by atomic mass is 9.95. The van der Waals surface area contributed by atoms with Gasteiger partial charge in [-0.15, -0.1) is 0 Å². The molecule has 0 fully saturated rings. The summed E-state index contributed by atoms with van der Waals surface area (Å²) in [5, 5.41) is 0. The molecule has 1 aromatic heterocycles. The highest BCUT2D eigenvalue weighted by atomic mass is 32.1. The highest BCUT2D eigenvalue weighted by molar-refractivity contribution is 7.07. The second-order valence-corrected chi connectivity index (χ2v) is 11.5. The zero-order chi connectivity index (χ0) is 30.6. The number of carbonyl (C=O) groups excluding carboxylic acids is 1. The molecule has 0 aliphatic carbocycles. The normalized spacial score (nSPS) is 15.0. The number of ether oxygens (including phenoxy) is 5. The van der Waals surface area contributed by atoms with E-state index in [1.807, 2.05) is 38.1 Å². The van der Waals surface area contributed by atoms with E-state index in [1.165, 1.54) is 11.3 Å². The average Bonchev–Trinajstić information content (AvgIpc) is 3.25. The van der Waals surface area contributed by atoms with Crippen LogP contribution in [0.1, 0.15) is 58.7 Å². The summed E-state index contributed by atoms with van der Waals surface area (Å²) >= 11 is 1.25. The molecule has 1 aliphatic heterocycles. The van der Waals surface area contributed by atoms with Crippen LogP contribution in [0.4, 0.5) is 0 Å². The van der Waals surface area contributed by atoms with Gasteiger partial charge in [-0.1, -0.05) is 37.3 Å². The minimum absolute atomic E-state index is 0.0610. The molecule has 4 rings (SSSR count). The van der Waals surface area contributed by atoms with Crippen LogP contribution in [0, 0.1) is 5.92 Å². The van der Waals surface area contributed by atoms with Crippen LogP contribution in [-0.2, 0) is 9.53 Å². The van der Waals surface area contributed by atoms with Crippen molar-refractivity contribution in [2.45, 2.75) is 53.7 Å². The van der Waals surface area contributed by atoms with Gasteiger partial charge in [0.05, 0.1) is 55.4 Å². The number of allylic oxidation sites excluding steroid dienone is 1. The minimum Gasteiger partial charge on any atom is -0.493 e. The first-order valence-electron chi connectivity index (χ1n) is 13.9. The number of thiazole rings is 1. The van der Waals surface area contributed by atoms with Gasteiger partial charge in [0, 0.05) is 0 Å². The van der Waals surface area contributed by atoms with Gasteiger partial charge in [0.25, 0.3) is 5.56 Å². The number of fused-ring (bicyclic) bond motifs is 1. The molecule has 2 aromatic carbocycles. The number of methoxy groups -OCH3 is 2. The lowest BCUT2D eigenvalue weighted by molar-refractivity contribution is -0.139. The third kappa shape index (κ3) is 6.54. The second-order valence-electron chi connectivity index (χ2n) is 10.5. The molecule has 42 heavy (non-hydrogen) atoms. The Morgan fingerprint density at radius 3 is 2.36 bits per heavy atom. The molecule has 1 aliphatic rings. The van der Waals surface area contributed by atoms with Gasteiger partial charge in [-0.25, -0.2) is 9.79 Å². The van der Waals surface area contributed by atoms with E-state index in [4.69, 9.17) is 23.7 Å². The van der Waals surface area contributed by atoms with Gasteiger partial charge < -0.3 is 23.7 Å². The van der Waals surface area contributed by atoms with Gasteiger partial charge in [-0.3, -0.25) is 9.36 Å². The van der Waals surface area contributed by atoms with E-state index < -0.39 is 12.0 Å². The predicted octanol–water partition coefficient (Wildman–Crippen LogP) is 4.64. The first-order chi connectivity index (χ1) is 20.1. The largest absolute Gasteiger partial charge is 0.493 e. The molecule has 0 radical (unpaired) electrons. The fourth-order valence-electron chi connectivity index (χ4n) is 4.61. The Hall–Kier alpha value is -4.05. The van der Waals surface area contributed by atoms with Gasteiger partial charge >= 0.3 is 5.97 Å².